The molecule has 8 aromatic rings. The zero-order chi connectivity index (χ0) is 52.5. The highest BCUT2D eigenvalue weighted by molar-refractivity contribution is 5.93. The zero-order valence-corrected chi connectivity index (χ0v) is 41.6. The van der Waals surface area contributed by atoms with Crippen molar-refractivity contribution in [3.63, 3.8) is 0 Å². The minimum Gasteiger partial charge on any atom is -0.374 e. The van der Waals surface area contributed by atoms with Crippen LogP contribution in [-0.4, -0.2) is 131 Å². The first-order valence-electron chi connectivity index (χ1n) is 25.5. The summed E-state index contributed by atoms with van der Waals surface area (Å²) in [5.41, 5.74) is 0.866. The minimum atomic E-state index is -4.89. The van der Waals surface area contributed by atoms with E-state index in [4.69, 9.17) is 34.5 Å². The van der Waals surface area contributed by atoms with Crippen molar-refractivity contribution in [2.75, 3.05) is 68.9 Å². The van der Waals surface area contributed by atoms with Crippen molar-refractivity contribution < 1.29 is 35.8 Å². The highest BCUT2D eigenvalue weighted by Crippen LogP contribution is 2.45. The number of hydrogen-bond donors (Lipinski definition) is 4. The van der Waals surface area contributed by atoms with E-state index in [2.05, 4.69) is 42.2 Å². The molecule has 12 rings (SSSR count). The van der Waals surface area contributed by atoms with Crippen LogP contribution in [0.25, 0.3) is 67.2 Å². The maximum absolute atomic E-state index is 16.1. The third-order valence-electron chi connectivity index (χ3n) is 14.9. The molecule has 0 amide bonds. The fraction of sp³-hybridized carbons (Fsp3) is 0.423. The monoisotopic (exact) mass is 1050 g/mol. The molecule has 396 valence electrons. The molecule has 0 aromatic carbocycles. The summed E-state index contributed by atoms with van der Waals surface area (Å²) in [7, 11) is 0. The van der Waals surface area contributed by atoms with E-state index < -0.39 is 41.9 Å². The summed E-state index contributed by atoms with van der Waals surface area (Å²) >= 11 is 0. The number of pyridine rings is 2. The van der Waals surface area contributed by atoms with Gasteiger partial charge in [0, 0.05) is 96.3 Å². The predicted octanol–water partition coefficient (Wildman–Crippen LogP) is 8.46. The molecule has 0 aliphatic carbocycles. The summed E-state index contributed by atoms with van der Waals surface area (Å²) < 4.78 is 109. The number of alkyl halides is 6. The van der Waals surface area contributed by atoms with Gasteiger partial charge < -0.3 is 39.9 Å². The number of nitrogens with zero attached hydrogens (tertiary/aromatic N) is 12. The molecule has 24 heteroatoms. The average molecular weight is 1050 g/mol. The van der Waals surface area contributed by atoms with Crippen LogP contribution in [0.4, 0.5) is 38.0 Å². The van der Waals surface area contributed by atoms with E-state index in [1.54, 1.807) is 62.2 Å². The summed E-state index contributed by atoms with van der Waals surface area (Å²) in [6.07, 6.45) is -0.122. The number of ether oxygens (including phenoxy) is 2. The Morgan fingerprint density at radius 1 is 0.789 bits per heavy atom. The average Bonchev–Trinajstić information content (AvgIpc) is 4.26. The van der Waals surface area contributed by atoms with Gasteiger partial charge in [0.05, 0.1) is 84.0 Å². The molecule has 76 heavy (non-hydrogen) atoms. The van der Waals surface area contributed by atoms with Crippen molar-refractivity contribution in [1.29, 1.82) is 0 Å². The molecular formula is C52H54F6N16O2. The van der Waals surface area contributed by atoms with Crippen molar-refractivity contribution in [2.45, 2.75) is 82.5 Å². The molecule has 4 saturated heterocycles. The van der Waals surface area contributed by atoms with Crippen LogP contribution < -0.4 is 20.4 Å². The first kappa shape index (κ1) is 49.6. The molecule has 0 saturated carbocycles. The van der Waals surface area contributed by atoms with E-state index in [0.717, 1.165) is 23.0 Å². The van der Waals surface area contributed by atoms with Gasteiger partial charge in [-0.2, -0.15) is 36.5 Å². The van der Waals surface area contributed by atoms with Gasteiger partial charge >= 0.3 is 12.4 Å². The maximum Gasteiger partial charge on any atom is 0.435 e. The van der Waals surface area contributed by atoms with Crippen molar-refractivity contribution >= 4 is 33.6 Å². The first-order chi connectivity index (χ1) is 36.7. The van der Waals surface area contributed by atoms with Gasteiger partial charge in [-0.05, 0) is 77.4 Å². The molecule has 4 aliphatic heterocycles. The highest BCUT2D eigenvalue weighted by Gasteiger charge is 2.45. The van der Waals surface area contributed by atoms with Crippen molar-refractivity contribution in [2.24, 2.45) is 0 Å². The molecule has 4 N–H and O–H groups in total. The number of aromatic amines is 2. The second-order valence-corrected chi connectivity index (χ2v) is 19.9. The van der Waals surface area contributed by atoms with E-state index in [0.29, 0.717) is 103 Å². The Morgan fingerprint density at radius 2 is 1.55 bits per heavy atom. The SMILES string of the molecule is C=C1COCCN1c1cc(-c2c(CC3CN(c4cc(-c5c(C(F)(F)F)nn(C6CCCNC6)c5C)nc(-c5ccnc6[nH]ccc56)n4)[C@H](C)CO3)nn(C3CCNCC3)c2C(F)(F)F)nc(-c2cncc3[nH]ccc23)n1. The number of anilines is 2. The fourth-order valence-electron chi connectivity index (χ4n) is 11.2. The Morgan fingerprint density at radius 3 is 2.33 bits per heavy atom. The lowest BCUT2D eigenvalue weighted by molar-refractivity contribution is -0.144. The number of fused-ring (bicyclic) bond motifs is 2. The van der Waals surface area contributed by atoms with Crippen LogP contribution in [0.1, 0.15) is 67.5 Å². The standard InChI is InChI=1S/C52H54F6N16O2/c1-28-26-75-18-17-71(28)42-21-39(66-50(67-42)37-23-61-24-41-34(37)8-14-62-41)45-40(69-74(47(45)52(56,57)58)31-6-12-59-13-7-31)19-33-25-72(29(2)27-76-33)43-20-38(65-49(68-43)36-10-16-64-48-35(36)9-15-63-48)44-30(3)73(32-5-4-11-60-22-32)70-46(44)51(53,54)55/h8-10,14-16,20-21,23-24,29,31-33,59-60,62H,1,4-7,11-13,17-19,22,25-27H2,2-3H3,(H,63,64)/t29-,32?,33?/m1/s1. The molecule has 3 atom stereocenters. The van der Waals surface area contributed by atoms with Crippen LogP contribution in [0.2, 0.25) is 0 Å². The van der Waals surface area contributed by atoms with Gasteiger partial charge in [-0.15, -0.1) is 0 Å². The quantitative estimate of drug-likeness (QED) is 0.0954. The highest BCUT2D eigenvalue weighted by atomic mass is 19.4. The van der Waals surface area contributed by atoms with E-state index in [-0.39, 0.29) is 72.1 Å². The molecule has 18 nitrogen and oxygen atoms in total. The maximum atomic E-state index is 16.1. The molecule has 4 aliphatic rings. The largest absolute Gasteiger partial charge is 0.435 e. The van der Waals surface area contributed by atoms with Gasteiger partial charge in [-0.3, -0.25) is 14.3 Å². The fourth-order valence-corrected chi connectivity index (χ4v) is 11.2. The lowest BCUT2D eigenvalue weighted by Gasteiger charge is -2.39. The van der Waals surface area contributed by atoms with Crippen molar-refractivity contribution in [3.8, 4) is 45.3 Å². The van der Waals surface area contributed by atoms with Crippen LogP contribution in [-0.2, 0) is 28.2 Å². The number of morpholine rings is 2. The molecule has 4 fully saturated rings. The number of halogens is 6. The molecule has 0 bridgehead atoms. The van der Waals surface area contributed by atoms with Crippen LogP contribution in [0.3, 0.4) is 0 Å². The summed E-state index contributed by atoms with van der Waals surface area (Å²) in [5, 5.41) is 17.0. The van der Waals surface area contributed by atoms with Crippen LogP contribution in [0, 0.1) is 6.92 Å². The number of H-pyrrole nitrogens is 2. The van der Waals surface area contributed by atoms with E-state index >= 15 is 26.3 Å². The second kappa shape index (κ2) is 19.7. The number of hydrogen-bond acceptors (Lipinski definition) is 14. The predicted molar refractivity (Wildman–Crippen MR) is 271 cm³/mol. The summed E-state index contributed by atoms with van der Waals surface area (Å²) in [6, 6.07) is 7.15. The Labute approximate surface area is 431 Å². The van der Waals surface area contributed by atoms with Gasteiger partial charge in [0.2, 0.25) is 0 Å². The van der Waals surface area contributed by atoms with Crippen molar-refractivity contribution in [1.82, 2.24) is 70.1 Å². The van der Waals surface area contributed by atoms with E-state index in [1.165, 1.54) is 4.68 Å². The van der Waals surface area contributed by atoms with E-state index in [9.17, 15) is 0 Å². The van der Waals surface area contributed by atoms with E-state index in [1.807, 2.05) is 22.8 Å². The third-order valence-corrected chi connectivity index (χ3v) is 14.9. The molecule has 0 radical (unpaired) electrons. The number of rotatable bonds is 10. The Balaban J connectivity index is 0.994. The van der Waals surface area contributed by atoms with Crippen LogP contribution in [0.15, 0.2) is 73.6 Å². The van der Waals surface area contributed by atoms with Crippen LogP contribution >= 0.6 is 0 Å². The molecular weight excluding hydrogens is 995 g/mol. The lowest BCUT2D eigenvalue weighted by Crippen LogP contribution is -2.49. The lowest BCUT2D eigenvalue weighted by atomic mass is 10.0. The van der Waals surface area contributed by atoms with Gasteiger partial charge in [-0.1, -0.05) is 6.58 Å². The van der Waals surface area contributed by atoms with Gasteiger partial charge in [0.15, 0.2) is 23.0 Å². The second-order valence-electron chi connectivity index (χ2n) is 19.9. The topological polar surface area (TPSA) is 194 Å². The first-order valence-corrected chi connectivity index (χ1v) is 25.5. The Bertz CT molecular complexity index is 3460. The number of piperidine rings is 2. The zero-order valence-electron chi connectivity index (χ0n) is 41.6. The van der Waals surface area contributed by atoms with Crippen LogP contribution in [0.5, 0.6) is 0 Å². The molecule has 2 unspecified atom stereocenters. The number of nitrogens with one attached hydrogen (secondary N) is 4. The molecule has 0 spiro atoms. The Kier molecular flexibility index (Phi) is 12.9. The normalized spacial score (nSPS) is 20.4. The summed E-state index contributed by atoms with van der Waals surface area (Å²) in [5.74, 6) is 0.921. The van der Waals surface area contributed by atoms with Crippen molar-refractivity contribution in [3.05, 3.63) is 96.4 Å². The minimum absolute atomic E-state index is 0.00530. The third kappa shape index (κ3) is 9.23. The van der Waals surface area contributed by atoms with Gasteiger partial charge in [0.25, 0.3) is 0 Å². The summed E-state index contributed by atoms with van der Waals surface area (Å²) in [4.78, 5) is 38.7. The van der Waals surface area contributed by atoms with Gasteiger partial charge in [0.1, 0.15) is 17.3 Å². The summed E-state index contributed by atoms with van der Waals surface area (Å²) in [6.45, 7) is 11.0. The van der Waals surface area contributed by atoms with Gasteiger partial charge in [-0.25, -0.2) is 24.9 Å². The molecule has 8 aromatic heterocycles. The molecule has 12 heterocycles. The Hall–Kier alpha value is -7.28. The smallest absolute Gasteiger partial charge is 0.374 e. The number of aromatic nitrogens is 12.